The Morgan fingerprint density at radius 1 is 1.21 bits per heavy atom. The lowest BCUT2D eigenvalue weighted by Crippen LogP contribution is -2.54. The first-order valence-corrected chi connectivity index (χ1v) is 11.9. The average Bonchev–Trinajstić information content (AvgIpc) is 3.23. The number of hydrogen-bond acceptors (Lipinski definition) is 6. The fraction of sp³-hybridized carbons (Fsp3) is 0.667. The second kappa shape index (κ2) is 8.88. The molecule has 3 rings (SSSR count). The van der Waals surface area contributed by atoms with E-state index < -0.39 is 10.2 Å². The van der Waals surface area contributed by atoms with Gasteiger partial charge in [0.25, 0.3) is 10.2 Å². The van der Waals surface area contributed by atoms with Crippen molar-refractivity contribution in [3.05, 3.63) is 16.0 Å². The Morgan fingerprint density at radius 3 is 2.50 bits per heavy atom. The molecule has 2 heterocycles. The van der Waals surface area contributed by atoms with Gasteiger partial charge in [0.05, 0.1) is 12.1 Å². The van der Waals surface area contributed by atoms with Crippen LogP contribution >= 0.6 is 11.3 Å². The summed E-state index contributed by atoms with van der Waals surface area (Å²) in [5.41, 5.74) is 1.71. The number of nitriles is 1. The SMILES string of the molecule is CCN(CC)S(=O)(=O)N1CCN(CC(=O)Nc2sc3c(c2C#N)CCC3)CC1. The number of anilines is 1. The van der Waals surface area contributed by atoms with Crippen LogP contribution in [-0.4, -0.2) is 73.6 Å². The maximum absolute atomic E-state index is 12.6. The molecule has 0 spiro atoms. The second-order valence-corrected chi connectivity index (χ2v) is 10.0. The zero-order valence-corrected chi connectivity index (χ0v) is 18.0. The molecule has 1 aliphatic heterocycles. The Bertz CT molecular complexity index is 863. The number of amides is 1. The Labute approximate surface area is 170 Å². The van der Waals surface area contributed by atoms with E-state index in [0.717, 1.165) is 24.8 Å². The van der Waals surface area contributed by atoms with Crippen LogP contribution < -0.4 is 5.32 Å². The zero-order chi connectivity index (χ0) is 20.3. The predicted octanol–water partition coefficient (Wildman–Crippen LogP) is 1.25. The van der Waals surface area contributed by atoms with E-state index in [-0.39, 0.29) is 12.5 Å². The summed E-state index contributed by atoms with van der Waals surface area (Å²) < 4.78 is 28.1. The van der Waals surface area contributed by atoms with Gasteiger partial charge < -0.3 is 5.32 Å². The molecule has 1 aliphatic carbocycles. The third-order valence-electron chi connectivity index (χ3n) is 5.34. The minimum atomic E-state index is -3.43. The standard InChI is InChI=1S/C18H27N5O3S2/c1-3-22(4-2)28(25,26)23-10-8-21(9-11-23)13-17(24)20-18-15(12-19)14-6-5-7-16(14)27-18/h3-11,13H2,1-2H3,(H,20,24). The molecule has 154 valence electrons. The summed E-state index contributed by atoms with van der Waals surface area (Å²) in [4.78, 5) is 15.6. The van der Waals surface area contributed by atoms with Gasteiger partial charge in [-0.3, -0.25) is 9.69 Å². The third-order valence-corrected chi connectivity index (χ3v) is 8.74. The van der Waals surface area contributed by atoms with E-state index in [0.29, 0.717) is 49.8 Å². The molecular formula is C18H27N5O3S2. The van der Waals surface area contributed by atoms with E-state index in [2.05, 4.69) is 11.4 Å². The van der Waals surface area contributed by atoms with Crippen molar-refractivity contribution in [2.75, 3.05) is 51.1 Å². The van der Waals surface area contributed by atoms with Gasteiger partial charge in [-0.05, 0) is 24.8 Å². The highest BCUT2D eigenvalue weighted by atomic mass is 32.2. The van der Waals surface area contributed by atoms with Crippen LogP contribution in [0.15, 0.2) is 0 Å². The number of nitrogens with one attached hydrogen (secondary N) is 1. The molecule has 10 heteroatoms. The molecule has 28 heavy (non-hydrogen) atoms. The number of hydrogen-bond donors (Lipinski definition) is 1. The summed E-state index contributed by atoms with van der Waals surface area (Å²) in [7, 11) is -3.43. The van der Waals surface area contributed by atoms with E-state index in [9.17, 15) is 18.5 Å². The highest BCUT2D eigenvalue weighted by molar-refractivity contribution is 7.86. The number of piperazine rings is 1. The maximum Gasteiger partial charge on any atom is 0.282 e. The van der Waals surface area contributed by atoms with Gasteiger partial charge in [0.15, 0.2) is 0 Å². The molecule has 1 aromatic rings. The Balaban J connectivity index is 1.54. The van der Waals surface area contributed by atoms with Crippen LogP contribution in [-0.2, 0) is 27.8 Å². The topological polar surface area (TPSA) is 96.8 Å². The summed E-state index contributed by atoms with van der Waals surface area (Å²) >= 11 is 1.51. The molecule has 0 saturated carbocycles. The molecule has 1 N–H and O–H groups in total. The van der Waals surface area contributed by atoms with Crippen molar-refractivity contribution in [1.29, 1.82) is 5.26 Å². The number of nitrogens with zero attached hydrogens (tertiary/aromatic N) is 4. The quantitative estimate of drug-likeness (QED) is 0.709. The Morgan fingerprint density at radius 2 is 1.89 bits per heavy atom. The molecule has 0 aromatic carbocycles. The fourth-order valence-electron chi connectivity index (χ4n) is 3.81. The van der Waals surface area contributed by atoms with Crippen molar-refractivity contribution in [2.24, 2.45) is 0 Å². The fourth-order valence-corrected chi connectivity index (χ4v) is 6.67. The molecule has 2 aliphatic rings. The molecule has 8 nitrogen and oxygen atoms in total. The van der Waals surface area contributed by atoms with Crippen LogP contribution in [0.4, 0.5) is 5.00 Å². The van der Waals surface area contributed by atoms with Crippen molar-refractivity contribution in [3.63, 3.8) is 0 Å². The highest BCUT2D eigenvalue weighted by Crippen LogP contribution is 2.38. The van der Waals surface area contributed by atoms with Crippen LogP contribution in [0.2, 0.25) is 0 Å². The molecule has 0 radical (unpaired) electrons. The lowest BCUT2D eigenvalue weighted by Gasteiger charge is -2.35. The molecule has 0 atom stereocenters. The van der Waals surface area contributed by atoms with Gasteiger partial charge in [0, 0.05) is 44.1 Å². The highest BCUT2D eigenvalue weighted by Gasteiger charge is 2.31. The Hall–Kier alpha value is -1.51. The van der Waals surface area contributed by atoms with E-state index in [4.69, 9.17) is 0 Å². The van der Waals surface area contributed by atoms with Crippen LogP contribution in [0.25, 0.3) is 0 Å². The van der Waals surface area contributed by atoms with Gasteiger partial charge in [-0.25, -0.2) is 0 Å². The minimum absolute atomic E-state index is 0.156. The third kappa shape index (κ3) is 4.23. The monoisotopic (exact) mass is 425 g/mol. The minimum Gasteiger partial charge on any atom is -0.315 e. The first kappa shape index (κ1) is 21.2. The molecular weight excluding hydrogens is 398 g/mol. The number of aryl methyl sites for hydroxylation is 1. The van der Waals surface area contributed by atoms with Crippen molar-refractivity contribution in [2.45, 2.75) is 33.1 Å². The van der Waals surface area contributed by atoms with Gasteiger partial charge in [-0.2, -0.15) is 22.3 Å². The molecule has 0 unspecified atom stereocenters. The summed E-state index contributed by atoms with van der Waals surface area (Å²) in [6.07, 6.45) is 2.96. The normalized spacial score (nSPS) is 18.2. The van der Waals surface area contributed by atoms with Crippen molar-refractivity contribution < 1.29 is 13.2 Å². The average molecular weight is 426 g/mol. The largest absolute Gasteiger partial charge is 0.315 e. The van der Waals surface area contributed by atoms with E-state index >= 15 is 0 Å². The zero-order valence-electron chi connectivity index (χ0n) is 16.4. The summed E-state index contributed by atoms with van der Waals surface area (Å²) in [5.74, 6) is -0.156. The number of rotatable bonds is 7. The van der Waals surface area contributed by atoms with Crippen LogP contribution in [0, 0.1) is 11.3 Å². The second-order valence-electron chi connectivity index (χ2n) is 6.99. The van der Waals surface area contributed by atoms with E-state index in [1.54, 1.807) is 0 Å². The molecule has 1 fully saturated rings. The summed E-state index contributed by atoms with van der Waals surface area (Å²) in [5, 5.41) is 13.0. The number of carbonyl (C=O) groups excluding carboxylic acids is 1. The summed E-state index contributed by atoms with van der Waals surface area (Å²) in [6.45, 7) is 6.55. The van der Waals surface area contributed by atoms with E-state index in [1.165, 1.54) is 24.8 Å². The predicted molar refractivity (Wildman–Crippen MR) is 110 cm³/mol. The molecule has 0 bridgehead atoms. The van der Waals surface area contributed by atoms with Gasteiger partial charge >= 0.3 is 0 Å². The number of carbonyl (C=O) groups is 1. The van der Waals surface area contributed by atoms with Crippen LogP contribution in [0.1, 0.15) is 36.3 Å². The number of fused-ring (bicyclic) bond motifs is 1. The lowest BCUT2D eigenvalue weighted by molar-refractivity contribution is -0.117. The van der Waals surface area contributed by atoms with Gasteiger partial charge in [-0.1, -0.05) is 13.8 Å². The molecule has 1 amide bonds. The first-order chi connectivity index (χ1) is 13.4. The molecule has 1 saturated heterocycles. The van der Waals surface area contributed by atoms with Gasteiger partial charge in [0.2, 0.25) is 5.91 Å². The Kier molecular flexibility index (Phi) is 6.73. The van der Waals surface area contributed by atoms with Crippen LogP contribution in [0.3, 0.4) is 0 Å². The first-order valence-electron chi connectivity index (χ1n) is 9.72. The van der Waals surface area contributed by atoms with Gasteiger partial charge in [-0.15, -0.1) is 11.3 Å². The summed E-state index contributed by atoms with van der Waals surface area (Å²) in [6, 6.07) is 2.23. The lowest BCUT2D eigenvalue weighted by atomic mass is 10.1. The molecule has 1 aromatic heterocycles. The smallest absolute Gasteiger partial charge is 0.282 e. The maximum atomic E-state index is 12.6. The van der Waals surface area contributed by atoms with E-state index in [1.807, 2.05) is 18.7 Å². The van der Waals surface area contributed by atoms with Crippen molar-refractivity contribution in [3.8, 4) is 6.07 Å². The van der Waals surface area contributed by atoms with Crippen molar-refractivity contribution in [1.82, 2.24) is 13.5 Å². The van der Waals surface area contributed by atoms with Crippen LogP contribution in [0.5, 0.6) is 0 Å². The number of thiophene rings is 1. The van der Waals surface area contributed by atoms with Crippen molar-refractivity contribution >= 4 is 32.5 Å². The van der Waals surface area contributed by atoms with Gasteiger partial charge in [0.1, 0.15) is 11.1 Å².